The molecule has 1 atom stereocenters. The van der Waals surface area contributed by atoms with Gasteiger partial charge in [-0.2, -0.15) is 17.0 Å². The van der Waals surface area contributed by atoms with E-state index in [2.05, 4.69) is 11.8 Å². The predicted octanol–water partition coefficient (Wildman–Crippen LogP) is 2.63. The number of hydrogen-bond donors (Lipinski definition) is 0. The van der Waals surface area contributed by atoms with Gasteiger partial charge in [-0.25, -0.2) is 4.39 Å². The second-order valence-electron chi connectivity index (χ2n) is 4.32. The molecule has 1 fully saturated rings. The third-order valence-electron chi connectivity index (χ3n) is 3.04. The van der Waals surface area contributed by atoms with Crippen LogP contribution in [0.5, 0.6) is 0 Å². The van der Waals surface area contributed by atoms with Gasteiger partial charge in [-0.05, 0) is 24.6 Å². The van der Waals surface area contributed by atoms with Gasteiger partial charge in [0.15, 0.2) is 0 Å². The van der Waals surface area contributed by atoms with Crippen LogP contribution < -0.4 is 0 Å². The van der Waals surface area contributed by atoms with Crippen LogP contribution in [0, 0.1) is 17.1 Å². The molecule has 17 heavy (non-hydrogen) atoms. The lowest BCUT2D eigenvalue weighted by molar-refractivity contribution is 0.224. The van der Waals surface area contributed by atoms with E-state index in [9.17, 15) is 4.39 Å². The Morgan fingerprint density at radius 2 is 2.41 bits per heavy atom. The highest BCUT2D eigenvalue weighted by Crippen LogP contribution is 2.19. The van der Waals surface area contributed by atoms with Gasteiger partial charge < -0.3 is 0 Å². The highest BCUT2D eigenvalue weighted by atomic mass is 32.2. The van der Waals surface area contributed by atoms with Crippen LogP contribution in [0.4, 0.5) is 4.39 Å². The van der Waals surface area contributed by atoms with Crippen molar-refractivity contribution in [2.75, 3.05) is 18.1 Å². The summed E-state index contributed by atoms with van der Waals surface area (Å²) >= 11 is 1.97. The van der Waals surface area contributed by atoms with Gasteiger partial charge in [-0.3, -0.25) is 4.90 Å². The monoisotopic (exact) mass is 250 g/mol. The molecule has 0 N–H and O–H groups in total. The van der Waals surface area contributed by atoms with Crippen LogP contribution >= 0.6 is 11.8 Å². The van der Waals surface area contributed by atoms with Crippen molar-refractivity contribution < 1.29 is 4.39 Å². The third kappa shape index (κ3) is 2.99. The number of nitriles is 1. The summed E-state index contributed by atoms with van der Waals surface area (Å²) in [6.07, 6.45) is 0. The van der Waals surface area contributed by atoms with Crippen LogP contribution in [0.3, 0.4) is 0 Å². The first kappa shape index (κ1) is 12.4. The van der Waals surface area contributed by atoms with Crippen molar-refractivity contribution in [1.29, 1.82) is 5.26 Å². The fourth-order valence-electron chi connectivity index (χ4n) is 1.99. The van der Waals surface area contributed by atoms with Gasteiger partial charge >= 0.3 is 0 Å². The quantitative estimate of drug-likeness (QED) is 0.807. The van der Waals surface area contributed by atoms with E-state index in [1.165, 1.54) is 6.07 Å². The number of benzene rings is 1. The molecule has 1 aromatic rings. The van der Waals surface area contributed by atoms with Gasteiger partial charge in [0.05, 0.1) is 5.56 Å². The third-order valence-corrected chi connectivity index (χ3v) is 4.23. The lowest BCUT2D eigenvalue weighted by atomic mass is 10.1. The first-order chi connectivity index (χ1) is 8.20. The van der Waals surface area contributed by atoms with Crippen molar-refractivity contribution in [3.05, 3.63) is 35.1 Å². The summed E-state index contributed by atoms with van der Waals surface area (Å²) in [7, 11) is 0. The van der Waals surface area contributed by atoms with Crippen molar-refractivity contribution in [2.24, 2.45) is 0 Å². The van der Waals surface area contributed by atoms with Gasteiger partial charge in [-0.15, -0.1) is 0 Å². The zero-order chi connectivity index (χ0) is 12.3. The molecule has 0 aliphatic carbocycles. The Kier molecular flexibility index (Phi) is 4.03. The van der Waals surface area contributed by atoms with Crippen LogP contribution in [-0.4, -0.2) is 29.0 Å². The van der Waals surface area contributed by atoms with Crippen molar-refractivity contribution in [3.63, 3.8) is 0 Å². The summed E-state index contributed by atoms with van der Waals surface area (Å²) in [6, 6.07) is 7.24. The summed E-state index contributed by atoms with van der Waals surface area (Å²) in [6.45, 7) is 4.07. The van der Waals surface area contributed by atoms with Crippen LogP contribution in [0.1, 0.15) is 18.1 Å². The topological polar surface area (TPSA) is 27.0 Å². The van der Waals surface area contributed by atoms with E-state index in [4.69, 9.17) is 5.26 Å². The maximum absolute atomic E-state index is 13.2. The van der Waals surface area contributed by atoms with Gasteiger partial charge in [0.2, 0.25) is 0 Å². The maximum atomic E-state index is 13.2. The number of rotatable bonds is 2. The molecule has 1 aliphatic heterocycles. The molecule has 0 saturated carbocycles. The fraction of sp³-hybridized carbons (Fsp3) is 0.462. The summed E-state index contributed by atoms with van der Waals surface area (Å²) in [4.78, 5) is 2.38. The minimum absolute atomic E-state index is 0.140. The van der Waals surface area contributed by atoms with Gasteiger partial charge in [0, 0.05) is 30.6 Å². The molecular formula is C13H15FN2S. The minimum Gasteiger partial charge on any atom is -0.295 e. The minimum atomic E-state index is -0.432. The van der Waals surface area contributed by atoms with Crippen LogP contribution in [0.25, 0.3) is 0 Å². The normalized spacial score (nSPS) is 21.1. The zero-order valence-electron chi connectivity index (χ0n) is 9.82. The van der Waals surface area contributed by atoms with Crippen molar-refractivity contribution in [2.45, 2.75) is 19.5 Å². The lowest BCUT2D eigenvalue weighted by Crippen LogP contribution is -2.39. The first-order valence-electron chi connectivity index (χ1n) is 5.71. The van der Waals surface area contributed by atoms with E-state index in [-0.39, 0.29) is 5.56 Å². The molecule has 1 unspecified atom stereocenters. The van der Waals surface area contributed by atoms with Crippen molar-refractivity contribution in [3.8, 4) is 6.07 Å². The van der Waals surface area contributed by atoms with E-state index < -0.39 is 5.82 Å². The molecule has 2 nitrogen and oxygen atoms in total. The Balaban J connectivity index is 2.10. The molecule has 4 heteroatoms. The second kappa shape index (κ2) is 5.52. The molecule has 0 spiro atoms. The smallest absolute Gasteiger partial charge is 0.140 e. The van der Waals surface area contributed by atoms with E-state index in [0.29, 0.717) is 6.04 Å². The van der Waals surface area contributed by atoms with Crippen molar-refractivity contribution in [1.82, 2.24) is 4.90 Å². The first-order valence-corrected chi connectivity index (χ1v) is 6.86. The highest BCUT2D eigenvalue weighted by Gasteiger charge is 2.18. The lowest BCUT2D eigenvalue weighted by Gasteiger charge is -2.32. The SMILES string of the molecule is CC1CSCCN1Cc1ccc(F)c(C#N)c1. The Hall–Kier alpha value is -1.05. The standard InChI is InChI=1S/C13H15FN2S/c1-10-9-17-5-4-16(10)8-11-2-3-13(14)12(6-11)7-15/h2-3,6,10H,4-5,8-9H2,1H3. The summed E-state index contributed by atoms with van der Waals surface area (Å²) in [5.74, 6) is 1.86. The van der Waals surface area contributed by atoms with E-state index in [1.54, 1.807) is 12.1 Å². The zero-order valence-corrected chi connectivity index (χ0v) is 10.6. The second-order valence-corrected chi connectivity index (χ2v) is 5.47. The van der Waals surface area contributed by atoms with E-state index in [1.807, 2.05) is 17.8 Å². The molecule has 1 heterocycles. The van der Waals surface area contributed by atoms with Gasteiger partial charge in [0.1, 0.15) is 11.9 Å². The fourth-order valence-corrected chi connectivity index (χ4v) is 3.07. The predicted molar refractivity (Wildman–Crippen MR) is 68.3 cm³/mol. The molecule has 1 aromatic carbocycles. The molecule has 2 rings (SSSR count). The summed E-state index contributed by atoms with van der Waals surface area (Å²) in [5.41, 5.74) is 1.16. The van der Waals surface area contributed by atoms with E-state index in [0.717, 1.165) is 30.2 Å². The molecule has 0 bridgehead atoms. The average molecular weight is 250 g/mol. The molecule has 1 saturated heterocycles. The summed E-state index contributed by atoms with van der Waals surface area (Å²) < 4.78 is 13.2. The number of halogens is 1. The number of hydrogen-bond acceptors (Lipinski definition) is 3. The Morgan fingerprint density at radius 3 is 3.12 bits per heavy atom. The Bertz CT molecular complexity index is 442. The van der Waals surface area contributed by atoms with Gasteiger partial charge in [-0.1, -0.05) is 6.07 Å². The summed E-state index contributed by atoms with van der Waals surface area (Å²) in [5, 5.41) is 8.79. The van der Waals surface area contributed by atoms with Crippen molar-refractivity contribution >= 4 is 11.8 Å². The average Bonchev–Trinajstić information content (AvgIpc) is 2.34. The molecule has 0 radical (unpaired) electrons. The number of thioether (sulfide) groups is 1. The molecule has 0 aromatic heterocycles. The van der Waals surface area contributed by atoms with Crippen LogP contribution in [-0.2, 0) is 6.54 Å². The molecule has 1 aliphatic rings. The largest absolute Gasteiger partial charge is 0.295 e. The maximum Gasteiger partial charge on any atom is 0.140 e. The van der Waals surface area contributed by atoms with E-state index >= 15 is 0 Å². The van der Waals surface area contributed by atoms with Crippen LogP contribution in [0.2, 0.25) is 0 Å². The Labute approximate surface area is 105 Å². The molecule has 90 valence electrons. The van der Waals surface area contributed by atoms with Crippen LogP contribution in [0.15, 0.2) is 18.2 Å². The number of nitrogens with zero attached hydrogens (tertiary/aromatic N) is 2. The van der Waals surface area contributed by atoms with Gasteiger partial charge in [0.25, 0.3) is 0 Å². The molecular weight excluding hydrogens is 235 g/mol. The molecule has 0 amide bonds. The Morgan fingerprint density at radius 1 is 1.59 bits per heavy atom. The highest BCUT2D eigenvalue weighted by molar-refractivity contribution is 7.99.